The van der Waals surface area contributed by atoms with Gasteiger partial charge in [-0.3, -0.25) is 0 Å². The maximum absolute atomic E-state index is 12.9. The molecule has 0 spiro atoms. The van der Waals surface area contributed by atoms with Crippen molar-refractivity contribution in [2.75, 3.05) is 39.6 Å². The Labute approximate surface area is 455 Å². The van der Waals surface area contributed by atoms with E-state index in [1.54, 1.807) is 0 Å². The van der Waals surface area contributed by atoms with Gasteiger partial charge in [0.05, 0.1) is 39.6 Å². The summed E-state index contributed by atoms with van der Waals surface area (Å²) in [6, 6.07) is 0. The van der Waals surface area contributed by atoms with Crippen LogP contribution in [0.15, 0.2) is 0 Å². The number of aliphatic hydroxyl groups is 30. The van der Waals surface area contributed by atoms with E-state index < -0.39 is 228 Å². The van der Waals surface area contributed by atoms with Gasteiger partial charge in [0.1, 0.15) is 110 Å². The second-order valence-electron chi connectivity index (χ2n) is 15.9. The maximum atomic E-state index is 12.9. The summed E-state index contributed by atoms with van der Waals surface area (Å²) < 4.78 is 17.2. The number of carboxylic acid groups (broad SMARTS) is 2. The Morgan fingerprint density at radius 3 is 0.487 bits per heavy atom. The summed E-state index contributed by atoms with van der Waals surface area (Å²) in [4.78, 5) is 71.7. The van der Waals surface area contributed by atoms with Crippen LogP contribution in [0.4, 0.5) is 0 Å². The molecule has 0 aliphatic carbocycles. The van der Waals surface area contributed by atoms with E-state index in [2.05, 4.69) is 18.9 Å². The van der Waals surface area contributed by atoms with Crippen LogP contribution in [0.25, 0.3) is 0 Å². The average Bonchev–Trinajstić information content (AvgIpc) is 3.43. The monoisotopic (exact) mass is 1240 g/mol. The van der Waals surface area contributed by atoms with Crippen molar-refractivity contribution in [3.05, 3.63) is 0 Å². The Kier molecular flexibility index (Phi) is 40.9. The number of aliphatic carboxylic acids is 2. The van der Waals surface area contributed by atoms with Crippen molar-refractivity contribution in [2.24, 2.45) is 0 Å². The van der Waals surface area contributed by atoms with E-state index >= 15 is 0 Å². The van der Waals surface area contributed by atoms with Gasteiger partial charge in [-0.25, -0.2) is 28.8 Å². The van der Waals surface area contributed by atoms with Crippen molar-refractivity contribution >= 4 is 35.8 Å². The molecule has 0 aromatic rings. The molecule has 0 heterocycles. The second kappa shape index (κ2) is 39.6. The molecule has 43 heteroatoms. The molecule has 0 aliphatic heterocycles. The van der Waals surface area contributed by atoms with E-state index in [9.17, 15) is 110 Å². The van der Waals surface area contributed by atoms with Crippen molar-refractivity contribution in [1.82, 2.24) is 0 Å². The zero-order valence-corrected chi connectivity index (χ0v) is 41.5. The van der Waals surface area contributed by atoms with Gasteiger partial charge in [0.2, 0.25) is 0 Å². The van der Waals surface area contributed by atoms with Gasteiger partial charge in [0, 0.05) is 17.1 Å². The van der Waals surface area contributed by atoms with Crippen LogP contribution in [0.5, 0.6) is 0 Å². The van der Waals surface area contributed by atoms with Crippen LogP contribution in [0.3, 0.4) is 0 Å². The van der Waals surface area contributed by atoms with Gasteiger partial charge in [0.25, 0.3) is 0 Å². The van der Waals surface area contributed by atoms with Gasteiger partial charge < -0.3 is 182 Å². The van der Waals surface area contributed by atoms with Gasteiger partial charge >= 0.3 is 42.0 Å². The molecule has 476 valence electrons. The van der Waals surface area contributed by atoms with E-state index in [1.165, 1.54) is 0 Å². The Morgan fingerprint density at radius 1 is 0.250 bits per heavy atom. The Hall–Kier alpha value is -3.86. The topological polar surface area (TPSA) is 787 Å². The number of carboxylic acids is 2. The summed E-state index contributed by atoms with van der Waals surface area (Å²) in [5.41, 5.74) is 0. The third-order valence-electron chi connectivity index (χ3n) is 9.90. The number of esters is 4. The van der Waals surface area contributed by atoms with Gasteiger partial charge in [-0.1, -0.05) is 0 Å². The van der Waals surface area contributed by atoms with E-state index in [0.29, 0.717) is 0 Å². The number of hydrogen-bond acceptors (Lipinski definition) is 40. The van der Waals surface area contributed by atoms with Crippen LogP contribution in [0.2, 0.25) is 0 Å². The fourth-order valence-corrected chi connectivity index (χ4v) is 4.84. The summed E-state index contributed by atoms with van der Waals surface area (Å²) in [5.74, 6) is -14.0. The summed E-state index contributed by atoms with van der Waals surface area (Å²) in [6.45, 7) is -7.07. The predicted octanol–water partition coefficient (Wildman–Crippen LogP) is -21.5. The molecular formula is C37H68FeO42. The number of carbonyl (C=O) groups excluding carboxylic acids is 4. The molecule has 0 aliphatic rings. The summed E-state index contributed by atoms with van der Waals surface area (Å²) in [7, 11) is 0. The van der Waals surface area contributed by atoms with E-state index in [0.717, 1.165) is 0 Å². The zero-order chi connectivity index (χ0) is 62.9. The van der Waals surface area contributed by atoms with Crippen LogP contribution in [-0.4, -0.2) is 392 Å². The fourth-order valence-electron chi connectivity index (χ4n) is 4.84. The van der Waals surface area contributed by atoms with Crippen LogP contribution < -0.4 is 0 Å². The number of ether oxygens (including phenoxy) is 4. The number of aliphatic hydroxyl groups excluding tert-OH is 30. The van der Waals surface area contributed by atoms with Gasteiger partial charge in [-0.15, -0.1) is 0 Å². The molecule has 80 heavy (non-hydrogen) atoms. The zero-order valence-electron chi connectivity index (χ0n) is 40.3. The third-order valence-corrected chi connectivity index (χ3v) is 9.90. The molecule has 0 fully saturated rings. The van der Waals surface area contributed by atoms with Gasteiger partial charge in [-0.05, 0) is 0 Å². The summed E-state index contributed by atoms with van der Waals surface area (Å²) in [6.07, 6.45) is -65.6. The normalized spacial score (nSPS) is 20.8. The standard InChI is InChI=1S/C25H44O28.2C6H12O7.Fe/c26-1-5(30)9(34)13(38)17(42)21(46)50-25(51-22(47)18(43)14(39)10(35)6(31)2-27,52-23(48)19(44)15(40)11(36)7(32)3-28)53-24(49)20(45)16(41)12(37)8(33)4-29;2*7-1-2(8)3(9)4(10)5(11)6(12)13;/h5-20,26-45H,1-4H2;2*2-5,7-11H,1H2,(H,12,13);/t5-,6-,7-,8-,9-,10-,11-,12-,13+,14+,15+,16+,17-,18-,19-,20-;2*2-,3-,4+,5-;/m111./s1. The molecule has 0 saturated heterocycles. The molecule has 0 aromatic heterocycles. The minimum Gasteiger partial charge on any atom is -0.479 e. The van der Waals surface area contributed by atoms with Crippen LogP contribution in [-0.2, 0) is 64.8 Å². The molecule has 0 radical (unpaired) electrons. The van der Waals surface area contributed by atoms with E-state index in [-0.39, 0.29) is 17.1 Å². The Morgan fingerprint density at radius 2 is 0.375 bits per heavy atom. The summed E-state index contributed by atoms with van der Waals surface area (Å²) >= 11 is 0. The molecule has 0 amide bonds. The van der Waals surface area contributed by atoms with E-state index in [4.69, 9.17) is 81.7 Å². The van der Waals surface area contributed by atoms with Crippen molar-refractivity contribution in [3.63, 3.8) is 0 Å². The van der Waals surface area contributed by atoms with Crippen LogP contribution in [0, 0.1) is 0 Å². The average molecular weight is 1240 g/mol. The molecule has 0 saturated carbocycles. The molecule has 0 unspecified atom stereocenters. The number of carbonyl (C=O) groups is 6. The summed E-state index contributed by atoms with van der Waals surface area (Å²) in [5, 5.41) is 298. The molecule has 0 aromatic carbocycles. The Bertz CT molecular complexity index is 1570. The number of hydrogen-bond donors (Lipinski definition) is 32. The first-order chi connectivity index (χ1) is 36.2. The minimum atomic E-state index is -4.90. The van der Waals surface area contributed by atoms with Crippen LogP contribution in [0.1, 0.15) is 0 Å². The SMILES string of the molecule is O=C(O)[C@H](O)[C@@H](O)[C@H](O)[C@H](O)CO.O=C(O)[C@H](O)[C@@H](O)[C@H](O)[C@H](O)CO.O=C(OC(OC(=O)[C@H](O)[C@@H](O)[C@H](O)[C@H](O)CO)(OC(=O)[C@H](O)[C@@H](O)[C@H](O)[C@H](O)CO)OC(=O)[C@H](O)[C@@H](O)[C@H](O)[C@H](O)CO)[C@H](O)[C@@H](O)[C@H](O)[C@H](O)CO.[Fe]. The second-order valence-corrected chi connectivity index (χ2v) is 15.9. The van der Waals surface area contributed by atoms with Crippen LogP contribution >= 0.6 is 0 Å². The third kappa shape index (κ3) is 25.7. The molecule has 24 atom stereocenters. The first-order valence-electron chi connectivity index (χ1n) is 21.6. The quantitative estimate of drug-likeness (QED) is 0.0162. The van der Waals surface area contributed by atoms with Crippen molar-refractivity contribution in [1.29, 1.82) is 0 Å². The van der Waals surface area contributed by atoms with Crippen molar-refractivity contribution in [2.45, 2.75) is 153 Å². The van der Waals surface area contributed by atoms with E-state index in [1.807, 2.05) is 0 Å². The molecule has 42 nitrogen and oxygen atoms in total. The fraction of sp³-hybridized carbons (Fsp3) is 0.838. The predicted molar refractivity (Wildman–Crippen MR) is 229 cm³/mol. The number of rotatable bonds is 34. The molecular weight excluding hydrogens is 1170 g/mol. The smallest absolute Gasteiger partial charge is 0.479 e. The van der Waals surface area contributed by atoms with Gasteiger partial charge in [-0.2, -0.15) is 0 Å². The maximum Gasteiger partial charge on any atom is 0.620 e. The first kappa shape index (κ1) is 82.6. The first-order valence-corrected chi connectivity index (χ1v) is 21.6. The molecule has 32 N–H and O–H groups in total. The molecule has 0 rings (SSSR count). The Balaban J connectivity index is -0.000000868. The van der Waals surface area contributed by atoms with Crippen molar-refractivity contribution < 1.29 is 228 Å². The van der Waals surface area contributed by atoms with Gasteiger partial charge in [0.15, 0.2) is 36.6 Å². The minimum absolute atomic E-state index is 0. The molecule has 0 bridgehead atoms. The largest absolute Gasteiger partial charge is 0.620 e. The van der Waals surface area contributed by atoms with Crippen molar-refractivity contribution in [3.8, 4) is 0 Å².